The van der Waals surface area contributed by atoms with Gasteiger partial charge < -0.3 is 10.1 Å². The van der Waals surface area contributed by atoms with E-state index in [1.54, 1.807) is 0 Å². The zero-order valence-electron chi connectivity index (χ0n) is 10.8. The van der Waals surface area contributed by atoms with E-state index in [0.717, 1.165) is 6.54 Å². The average Bonchev–Trinajstić information content (AvgIpc) is 2.18. The predicted octanol–water partition coefficient (Wildman–Crippen LogP) is 2.36. The fraction of sp³-hybridized carbons (Fsp3) is 0.923. The van der Waals surface area contributed by atoms with Gasteiger partial charge in [-0.05, 0) is 37.5 Å². The topological polar surface area (TPSA) is 38.3 Å². The highest BCUT2D eigenvalue weighted by molar-refractivity contribution is 5.77. The van der Waals surface area contributed by atoms with Crippen LogP contribution in [0.2, 0.25) is 0 Å². The largest absolute Gasteiger partial charge is 0.372 e. The Morgan fingerprint density at radius 1 is 1.44 bits per heavy atom. The molecule has 0 heterocycles. The SMILES string of the molecule is CCOCC(=O)NCC1(CC(C)C)CCC1. The van der Waals surface area contributed by atoms with Gasteiger partial charge in [-0.15, -0.1) is 0 Å². The van der Waals surface area contributed by atoms with E-state index in [1.807, 2.05) is 6.92 Å². The van der Waals surface area contributed by atoms with E-state index in [-0.39, 0.29) is 12.5 Å². The Labute approximate surface area is 98.9 Å². The second-order valence-electron chi connectivity index (χ2n) is 5.37. The highest BCUT2D eigenvalue weighted by atomic mass is 16.5. The summed E-state index contributed by atoms with van der Waals surface area (Å²) >= 11 is 0. The molecule has 0 radical (unpaired) electrons. The maximum Gasteiger partial charge on any atom is 0.246 e. The lowest BCUT2D eigenvalue weighted by Gasteiger charge is -2.43. The van der Waals surface area contributed by atoms with Crippen molar-refractivity contribution in [3.63, 3.8) is 0 Å². The number of hydrogen-bond donors (Lipinski definition) is 1. The van der Waals surface area contributed by atoms with Gasteiger partial charge in [-0.25, -0.2) is 0 Å². The van der Waals surface area contributed by atoms with Crippen molar-refractivity contribution in [2.45, 2.75) is 46.5 Å². The quantitative estimate of drug-likeness (QED) is 0.725. The van der Waals surface area contributed by atoms with Crippen LogP contribution in [-0.4, -0.2) is 25.7 Å². The molecule has 0 aromatic heterocycles. The second-order valence-corrected chi connectivity index (χ2v) is 5.37. The summed E-state index contributed by atoms with van der Waals surface area (Å²) in [5.41, 5.74) is 0.385. The Morgan fingerprint density at radius 3 is 2.56 bits per heavy atom. The maximum absolute atomic E-state index is 11.4. The van der Waals surface area contributed by atoms with Crippen molar-refractivity contribution in [1.82, 2.24) is 5.32 Å². The first-order valence-electron chi connectivity index (χ1n) is 6.42. The van der Waals surface area contributed by atoms with Gasteiger partial charge in [0.25, 0.3) is 0 Å². The predicted molar refractivity (Wildman–Crippen MR) is 65.2 cm³/mol. The number of rotatable bonds is 7. The molecule has 0 saturated heterocycles. The zero-order chi connectivity index (χ0) is 12.0. The highest BCUT2D eigenvalue weighted by Crippen LogP contribution is 2.45. The Bertz CT molecular complexity index is 222. The normalized spacial score (nSPS) is 18.2. The summed E-state index contributed by atoms with van der Waals surface area (Å²) in [5, 5.41) is 3.00. The van der Waals surface area contributed by atoms with Gasteiger partial charge in [0.2, 0.25) is 5.91 Å². The van der Waals surface area contributed by atoms with Crippen molar-refractivity contribution < 1.29 is 9.53 Å². The van der Waals surface area contributed by atoms with E-state index in [1.165, 1.54) is 25.7 Å². The van der Waals surface area contributed by atoms with E-state index in [2.05, 4.69) is 19.2 Å². The van der Waals surface area contributed by atoms with Crippen LogP contribution < -0.4 is 5.32 Å². The first-order valence-corrected chi connectivity index (χ1v) is 6.42. The molecule has 0 aliphatic heterocycles. The number of amides is 1. The molecule has 1 aliphatic rings. The average molecular weight is 227 g/mol. The summed E-state index contributed by atoms with van der Waals surface area (Å²) in [4.78, 5) is 11.4. The third-order valence-electron chi connectivity index (χ3n) is 3.35. The molecule has 94 valence electrons. The fourth-order valence-corrected chi connectivity index (χ4v) is 2.53. The molecule has 0 atom stereocenters. The van der Waals surface area contributed by atoms with E-state index in [4.69, 9.17) is 4.74 Å². The number of carbonyl (C=O) groups is 1. The van der Waals surface area contributed by atoms with Gasteiger partial charge in [0.05, 0.1) is 0 Å². The molecule has 3 heteroatoms. The van der Waals surface area contributed by atoms with Gasteiger partial charge in [-0.2, -0.15) is 0 Å². The molecule has 0 aromatic carbocycles. The molecule has 3 nitrogen and oxygen atoms in total. The van der Waals surface area contributed by atoms with Gasteiger partial charge in [0.15, 0.2) is 0 Å². The van der Waals surface area contributed by atoms with Crippen LogP contribution in [0, 0.1) is 11.3 Å². The molecule has 1 fully saturated rings. The Hall–Kier alpha value is -0.570. The van der Waals surface area contributed by atoms with Crippen LogP contribution in [0.3, 0.4) is 0 Å². The molecule has 0 unspecified atom stereocenters. The van der Waals surface area contributed by atoms with Crippen LogP contribution in [0.1, 0.15) is 46.5 Å². The number of ether oxygens (including phenoxy) is 1. The zero-order valence-corrected chi connectivity index (χ0v) is 10.8. The van der Waals surface area contributed by atoms with Crippen LogP contribution in [-0.2, 0) is 9.53 Å². The van der Waals surface area contributed by atoms with Crippen molar-refractivity contribution in [3.05, 3.63) is 0 Å². The van der Waals surface area contributed by atoms with Crippen molar-refractivity contribution in [2.75, 3.05) is 19.8 Å². The van der Waals surface area contributed by atoms with Crippen molar-refractivity contribution in [1.29, 1.82) is 0 Å². The molecule has 0 bridgehead atoms. The van der Waals surface area contributed by atoms with Crippen LogP contribution in [0.15, 0.2) is 0 Å². The van der Waals surface area contributed by atoms with Gasteiger partial charge in [0.1, 0.15) is 6.61 Å². The number of hydrogen-bond acceptors (Lipinski definition) is 2. The third kappa shape index (κ3) is 4.12. The van der Waals surface area contributed by atoms with Gasteiger partial charge in [-0.1, -0.05) is 20.3 Å². The van der Waals surface area contributed by atoms with Crippen molar-refractivity contribution >= 4 is 5.91 Å². The van der Waals surface area contributed by atoms with Crippen molar-refractivity contribution in [2.24, 2.45) is 11.3 Å². The highest BCUT2D eigenvalue weighted by Gasteiger charge is 2.37. The first-order chi connectivity index (χ1) is 7.58. The van der Waals surface area contributed by atoms with Crippen molar-refractivity contribution in [3.8, 4) is 0 Å². The van der Waals surface area contributed by atoms with Gasteiger partial charge in [0, 0.05) is 13.2 Å². The lowest BCUT2D eigenvalue weighted by atomic mass is 9.64. The van der Waals surface area contributed by atoms with E-state index < -0.39 is 0 Å². The standard InChI is InChI=1S/C13H25NO2/c1-4-16-9-12(15)14-10-13(6-5-7-13)8-11(2)3/h11H,4-10H2,1-3H3,(H,14,15). The maximum atomic E-state index is 11.4. The van der Waals surface area contributed by atoms with E-state index in [0.29, 0.717) is 17.9 Å². The molecule has 1 rings (SSSR count). The van der Waals surface area contributed by atoms with E-state index in [9.17, 15) is 4.79 Å². The summed E-state index contributed by atoms with van der Waals surface area (Å²) in [7, 11) is 0. The summed E-state index contributed by atoms with van der Waals surface area (Å²) in [5.74, 6) is 0.737. The van der Waals surface area contributed by atoms with Crippen LogP contribution >= 0.6 is 0 Å². The van der Waals surface area contributed by atoms with Gasteiger partial charge >= 0.3 is 0 Å². The van der Waals surface area contributed by atoms with Gasteiger partial charge in [-0.3, -0.25) is 4.79 Å². The molecule has 1 N–H and O–H groups in total. The summed E-state index contributed by atoms with van der Waals surface area (Å²) in [6.45, 7) is 8.04. The number of nitrogens with one attached hydrogen (secondary N) is 1. The smallest absolute Gasteiger partial charge is 0.246 e. The molecule has 1 saturated carbocycles. The summed E-state index contributed by atoms with van der Waals surface area (Å²) in [6.07, 6.45) is 5.07. The minimum atomic E-state index is 0.0249. The molecular formula is C13H25NO2. The summed E-state index contributed by atoms with van der Waals surface area (Å²) < 4.78 is 5.08. The molecule has 1 aliphatic carbocycles. The first kappa shape index (κ1) is 13.5. The fourth-order valence-electron chi connectivity index (χ4n) is 2.53. The lowest BCUT2D eigenvalue weighted by molar-refractivity contribution is -0.126. The monoisotopic (exact) mass is 227 g/mol. The Kier molecular flexibility index (Phi) is 5.26. The minimum Gasteiger partial charge on any atom is -0.372 e. The molecular weight excluding hydrogens is 202 g/mol. The molecule has 0 spiro atoms. The van der Waals surface area contributed by atoms with Crippen LogP contribution in [0.4, 0.5) is 0 Å². The lowest BCUT2D eigenvalue weighted by Crippen LogP contribution is -2.43. The third-order valence-corrected chi connectivity index (χ3v) is 3.35. The minimum absolute atomic E-state index is 0.0249. The molecule has 16 heavy (non-hydrogen) atoms. The Balaban J connectivity index is 2.26. The van der Waals surface area contributed by atoms with E-state index >= 15 is 0 Å². The molecule has 1 amide bonds. The Morgan fingerprint density at radius 2 is 2.12 bits per heavy atom. The van der Waals surface area contributed by atoms with Crippen LogP contribution in [0.5, 0.6) is 0 Å². The molecule has 0 aromatic rings. The van der Waals surface area contributed by atoms with Crippen LogP contribution in [0.25, 0.3) is 0 Å². The second kappa shape index (κ2) is 6.24. The number of carbonyl (C=O) groups excluding carboxylic acids is 1. The summed E-state index contributed by atoms with van der Waals surface area (Å²) in [6, 6.07) is 0.